The molecular weight excluding hydrogens is 192 g/mol. The fourth-order valence-electron chi connectivity index (χ4n) is 1.66. The molecule has 0 saturated heterocycles. The molecule has 1 rings (SSSR count). The van der Waals surface area contributed by atoms with E-state index >= 15 is 0 Å². The van der Waals surface area contributed by atoms with Crippen LogP contribution in [-0.4, -0.2) is 4.87 Å². The van der Waals surface area contributed by atoms with Crippen LogP contribution in [0.2, 0.25) is 0 Å². The van der Waals surface area contributed by atoms with Crippen LogP contribution in [-0.2, 0) is 0 Å². The van der Waals surface area contributed by atoms with Gasteiger partial charge in [-0.2, -0.15) is 0 Å². The van der Waals surface area contributed by atoms with Crippen molar-refractivity contribution in [2.24, 2.45) is 5.92 Å². The molecule has 0 radical (unpaired) electrons. The maximum atomic E-state index is 6.06. The molecule has 86 valence electrons. The van der Waals surface area contributed by atoms with Crippen molar-refractivity contribution in [1.82, 2.24) is 0 Å². The highest BCUT2D eigenvalue weighted by Crippen LogP contribution is 2.27. The van der Waals surface area contributed by atoms with Gasteiger partial charge in [-0.05, 0) is 26.2 Å². The molecule has 1 aliphatic rings. The smallest absolute Gasteiger partial charge is 0.0416 e. The molecule has 0 aromatic carbocycles. The average Bonchev–Trinajstić information content (AvgIpc) is 2.59. The van der Waals surface area contributed by atoms with E-state index in [4.69, 9.17) is 11.6 Å². The normalized spacial score (nSPS) is 18.6. The Labute approximate surface area is 95.4 Å². The standard InChI is InChI=1S/C8H17Cl.C5H10/c1-5-6-7(2)8(3,4)9;1-2-4-5-3-1/h7H,5-6H2,1-4H3;1-5H2. The van der Waals surface area contributed by atoms with E-state index in [9.17, 15) is 0 Å². The molecule has 0 aromatic heterocycles. The minimum Gasteiger partial charge on any atom is -0.120 e. The third kappa shape index (κ3) is 7.67. The van der Waals surface area contributed by atoms with Crippen molar-refractivity contribution in [2.45, 2.75) is 77.5 Å². The molecule has 0 spiro atoms. The monoisotopic (exact) mass is 218 g/mol. The largest absolute Gasteiger partial charge is 0.120 e. The fourth-order valence-corrected chi connectivity index (χ4v) is 1.77. The van der Waals surface area contributed by atoms with Crippen LogP contribution in [0.3, 0.4) is 0 Å². The molecule has 1 heteroatoms. The van der Waals surface area contributed by atoms with E-state index < -0.39 is 0 Å². The van der Waals surface area contributed by atoms with Gasteiger partial charge in [0.15, 0.2) is 0 Å². The van der Waals surface area contributed by atoms with Gasteiger partial charge < -0.3 is 0 Å². The second-order valence-corrected chi connectivity index (χ2v) is 6.00. The Morgan fingerprint density at radius 2 is 1.43 bits per heavy atom. The summed E-state index contributed by atoms with van der Waals surface area (Å²) in [7, 11) is 0. The highest BCUT2D eigenvalue weighted by molar-refractivity contribution is 6.23. The predicted molar refractivity (Wildman–Crippen MR) is 67.1 cm³/mol. The summed E-state index contributed by atoms with van der Waals surface area (Å²) in [6.07, 6.45) is 9.97. The minimum absolute atomic E-state index is 0.0178. The van der Waals surface area contributed by atoms with E-state index in [-0.39, 0.29) is 4.87 Å². The van der Waals surface area contributed by atoms with Crippen LogP contribution in [0.15, 0.2) is 0 Å². The first-order valence-corrected chi connectivity index (χ1v) is 6.55. The van der Waals surface area contributed by atoms with Gasteiger partial charge in [-0.1, -0.05) is 52.4 Å². The van der Waals surface area contributed by atoms with Gasteiger partial charge in [-0.25, -0.2) is 0 Å². The minimum atomic E-state index is -0.0178. The van der Waals surface area contributed by atoms with Crippen LogP contribution >= 0.6 is 11.6 Å². The molecule has 0 aliphatic heterocycles. The van der Waals surface area contributed by atoms with Gasteiger partial charge in [0.25, 0.3) is 0 Å². The summed E-state index contributed by atoms with van der Waals surface area (Å²) >= 11 is 6.06. The van der Waals surface area contributed by atoms with Gasteiger partial charge in [0.2, 0.25) is 0 Å². The van der Waals surface area contributed by atoms with Gasteiger partial charge >= 0.3 is 0 Å². The van der Waals surface area contributed by atoms with Gasteiger partial charge in [0, 0.05) is 4.87 Å². The van der Waals surface area contributed by atoms with Crippen molar-refractivity contribution in [3.05, 3.63) is 0 Å². The van der Waals surface area contributed by atoms with E-state index in [0.717, 1.165) is 0 Å². The Balaban J connectivity index is 0.000000280. The zero-order valence-electron chi connectivity index (χ0n) is 10.4. The van der Waals surface area contributed by atoms with Gasteiger partial charge in [0.1, 0.15) is 0 Å². The molecule has 0 nitrogen and oxygen atoms in total. The number of alkyl halides is 1. The third-order valence-corrected chi connectivity index (χ3v) is 3.52. The van der Waals surface area contributed by atoms with E-state index in [0.29, 0.717) is 5.92 Å². The molecule has 0 N–H and O–H groups in total. The first kappa shape index (κ1) is 14.3. The second-order valence-electron chi connectivity index (χ2n) is 5.02. The molecule has 14 heavy (non-hydrogen) atoms. The summed E-state index contributed by atoms with van der Waals surface area (Å²) < 4.78 is 0. The molecule has 1 aliphatic carbocycles. The Bertz CT molecular complexity index is 112. The highest BCUT2D eigenvalue weighted by Gasteiger charge is 2.20. The molecule has 1 fully saturated rings. The van der Waals surface area contributed by atoms with E-state index in [1.54, 1.807) is 0 Å². The molecule has 1 unspecified atom stereocenters. The molecule has 0 amide bonds. The average molecular weight is 219 g/mol. The zero-order valence-corrected chi connectivity index (χ0v) is 11.2. The van der Waals surface area contributed by atoms with Gasteiger partial charge in [0.05, 0.1) is 0 Å². The lowest BCUT2D eigenvalue weighted by atomic mass is 9.93. The summed E-state index contributed by atoms with van der Waals surface area (Å²) in [4.78, 5) is -0.0178. The lowest BCUT2D eigenvalue weighted by Gasteiger charge is -2.23. The summed E-state index contributed by atoms with van der Waals surface area (Å²) in [6, 6.07) is 0. The molecule has 1 atom stereocenters. The fraction of sp³-hybridized carbons (Fsp3) is 1.00. The quantitative estimate of drug-likeness (QED) is 0.558. The predicted octanol–water partition coefficient (Wildman–Crippen LogP) is 5.39. The van der Waals surface area contributed by atoms with Crippen molar-refractivity contribution in [3.8, 4) is 0 Å². The first-order chi connectivity index (χ1) is 6.48. The topological polar surface area (TPSA) is 0 Å². The van der Waals surface area contributed by atoms with Crippen LogP contribution < -0.4 is 0 Å². The van der Waals surface area contributed by atoms with Gasteiger partial charge in [-0.3, -0.25) is 0 Å². The van der Waals surface area contributed by atoms with E-state index in [2.05, 4.69) is 27.7 Å². The van der Waals surface area contributed by atoms with Crippen LogP contribution in [0, 0.1) is 5.92 Å². The molecular formula is C13H27Cl. The van der Waals surface area contributed by atoms with Crippen LogP contribution in [0.1, 0.15) is 72.6 Å². The maximum absolute atomic E-state index is 6.06. The molecule has 0 bridgehead atoms. The molecule has 0 heterocycles. The van der Waals surface area contributed by atoms with Crippen LogP contribution in [0.4, 0.5) is 0 Å². The molecule has 0 aromatic rings. The van der Waals surface area contributed by atoms with Gasteiger partial charge in [-0.15, -0.1) is 11.6 Å². The van der Waals surface area contributed by atoms with Crippen LogP contribution in [0.5, 0.6) is 0 Å². The number of rotatable bonds is 3. The number of hydrogen-bond acceptors (Lipinski definition) is 0. The Hall–Kier alpha value is 0.290. The molecule has 1 saturated carbocycles. The summed E-state index contributed by atoms with van der Waals surface area (Å²) in [6.45, 7) is 8.55. The van der Waals surface area contributed by atoms with Crippen molar-refractivity contribution in [1.29, 1.82) is 0 Å². The Morgan fingerprint density at radius 1 is 1.07 bits per heavy atom. The highest BCUT2D eigenvalue weighted by atomic mass is 35.5. The number of hydrogen-bond donors (Lipinski definition) is 0. The van der Waals surface area contributed by atoms with Crippen LogP contribution in [0.25, 0.3) is 0 Å². The van der Waals surface area contributed by atoms with E-state index in [1.807, 2.05) is 0 Å². The first-order valence-electron chi connectivity index (χ1n) is 6.17. The number of halogens is 1. The summed E-state index contributed by atoms with van der Waals surface area (Å²) in [5, 5.41) is 0. The SMILES string of the molecule is C1CCCC1.CCCC(C)C(C)(C)Cl. The lowest BCUT2D eigenvalue weighted by Crippen LogP contribution is -2.21. The maximum Gasteiger partial charge on any atom is 0.0416 e. The lowest BCUT2D eigenvalue weighted by molar-refractivity contribution is 0.418. The van der Waals surface area contributed by atoms with Crippen molar-refractivity contribution >= 4 is 11.6 Å². The Kier molecular flexibility index (Phi) is 7.72. The summed E-state index contributed by atoms with van der Waals surface area (Å²) in [5.41, 5.74) is 0. The zero-order chi connectivity index (χ0) is 11.0. The van der Waals surface area contributed by atoms with E-state index in [1.165, 1.54) is 44.9 Å². The van der Waals surface area contributed by atoms with Crippen molar-refractivity contribution in [2.75, 3.05) is 0 Å². The second kappa shape index (κ2) is 7.56. The van der Waals surface area contributed by atoms with Crippen molar-refractivity contribution < 1.29 is 0 Å². The summed E-state index contributed by atoms with van der Waals surface area (Å²) in [5.74, 6) is 0.629. The van der Waals surface area contributed by atoms with Crippen molar-refractivity contribution in [3.63, 3.8) is 0 Å². The third-order valence-electron chi connectivity index (χ3n) is 3.14. The Morgan fingerprint density at radius 3 is 1.57 bits per heavy atom.